The molecule has 0 radical (unpaired) electrons. The van der Waals surface area contributed by atoms with Gasteiger partial charge >= 0.3 is 5.97 Å². The van der Waals surface area contributed by atoms with Crippen LogP contribution in [0.2, 0.25) is 5.02 Å². The second kappa shape index (κ2) is 9.31. The molecule has 3 N–H and O–H groups in total. The van der Waals surface area contributed by atoms with Crippen molar-refractivity contribution in [3.05, 3.63) is 34.9 Å². The lowest BCUT2D eigenvalue weighted by atomic mass is 10.0. The summed E-state index contributed by atoms with van der Waals surface area (Å²) >= 11 is 5.92. The van der Waals surface area contributed by atoms with Gasteiger partial charge in [0.1, 0.15) is 12.1 Å². The normalized spacial score (nSPS) is 13.4. The first kappa shape index (κ1) is 20.8. The molecule has 0 fully saturated rings. The number of alkyl halides is 2. The second-order valence-corrected chi connectivity index (χ2v) is 6.11. The summed E-state index contributed by atoms with van der Waals surface area (Å²) < 4.78 is 24.9. The van der Waals surface area contributed by atoms with E-state index >= 15 is 0 Å². The molecule has 2 unspecified atom stereocenters. The Labute approximate surface area is 148 Å². The molecule has 25 heavy (non-hydrogen) atoms. The number of carboxylic acid groups (broad SMARTS) is 1. The number of amides is 2. The van der Waals surface area contributed by atoms with Crippen molar-refractivity contribution < 1.29 is 28.3 Å². The predicted octanol–water partition coefficient (Wildman–Crippen LogP) is 2.32. The molecule has 0 saturated heterocycles. The zero-order chi connectivity index (χ0) is 19.1. The van der Waals surface area contributed by atoms with Crippen LogP contribution in [0.15, 0.2) is 24.3 Å². The van der Waals surface area contributed by atoms with E-state index in [9.17, 15) is 23.2 Å². The van der Waals surface area contributed by atoms with Crippen molar-refractivity contribution in [1.82, 2.24) is 10.6 Å². The van der Waals surface area contributed by atoms with Gasteiger partial charge in [0.25, 0.3) is 5.91 Å². The molecule has 1 aromatic rings. The first-order valence-electron chi connectivity index (χ1n) is 7.50. The molecule has 9 heteroatoms. The lowest BCUT2D eigenvalue weighted by molar-refractivity contribution is -0.143. The smallest absolute Gasteiger partial charge is 0.326 e. The minimum Gasteiger partial charge on any atom is -0.480 e. The van der Waals surface area contributed by atoms with Gasteiger partial charge < -0.3 is 15.7 Å². The Kier molecular flexibility index (Phi) is 7.76. The largest absolute Gasteiger partial charge is 0.480 e. The van der Waals surface area contributed by atoms with Crippen molar-refractivity contribution in [3.8, 4) is 0 Å². The third-order valence-corrected chi connectivity index (χ3v) is 3.71. The summed E-state index contributed by atoms with van der Waals surface area (Å²) in [4.78, 5) is 35.5. The fraction of sp³-hybridized carbons (Fsp3) is 0.438. The van der Waals surface area contributed by atoms with Crippen LogP contribution in [-0.4, -0.2) is 41.4 Å². The maximum atomic E-state index is 12.4. The molecule has 0 aliphatic heterocycles. The van der Waals surface area contributed by atoms with Gasteiger partial charge in [0.15, 0.2) is 0 Å². The Bertz CT molecular complexity index is 640. The Balaban J connectivity index is 2.88. The SMILES string of the molecule is CC(C)C(NC(=O)c1ccccc1Cl)C(=O)NC(CC(F)F)C(=O)O. The minimum atomic E-state index is -2.89. The maximum Gasteiger partial charge on any atom is 0.326 e. The molecule has 1 rings (SSSR count). The summed E-state index contributed by atoms with van der Waals surface area (Å²) in [6, 6.07) is 3.34. The monoisotopic (exact) mass is 376 g/mol. The number of rotatable bonds is 8. The van der Waals surface area contributed by atoms with Gasteiger partial charge in [-0.2, -0.15) is 0 Å². The standard InChI is InChI=1S/C16H19ClF2N2O4/c1-8(2)13(15(23)20-11(16(24)25)7-12(18)19)21-14(22)9-5-3-4-6-10(9)17/h3-6,8,11-13H,7H2,1-2H3,(H,20,23)(H,21,22)(H,24,25). The quantitative estimate of drug-likeness (QED) is 0.648. The highest BCUT2D eigenvalue weighted by Gasteiger charge is 2.30. The van der Waals surface area contributed by atoms with Gasteiger partial charge in [-0.05, 0) is 18.1 Å². The zero-order valence-electron chi connectivity index (χ0n) is 13.6. The summed E-state index contributed by atoms with van der Waals surface area (Å²) in [5.41, 5.74) is 0.144. The molecule has 0 bridgehead atoms. The summed E-state index contributed by atoms with van der Waals surface area (Å²) in [6.07, 6.45) is -3.92. The minimum absolute atomic E-state index is 0.144. The van der Waals surface area contributed by atoms with Crippen molar-refractivity contribution in [2.45, 2.75) is 38.8 Å². The third-order valence-electron chi connectivity index (χ3n) is 3.38. The molecule has 0 saturated carbocycles. The van der Waals surface area contributed by atoms with Crippen LogP contribution in [-0.2, 0) is 9.59 Å². The van der Waals surface area contributed by atoms with E-state index in [1.807, 2.05) is 5.32 Å². The van der Waals surface area contributed by atoms with Crippen molar-refractivity contribution in [2.75, 3.05) is 0 Å². The number of hydrogen-bond donors (Lipinski definition) is 3. The zero-order valence-corrected chi connectivity index (χ0v) is 14.4. The highest BCUT2D eigenvalue weighted by molar-refractivity contribution is 6.33. The molecule has 2 amide bonds. The van der Waals surface area contributed by atoms with Crippen molar-refractivity contribution in [2.24, 2.45) is 5.92 Å². The predicted molar refractivity (Wildman–Crippen MR) is 87.7 cm³/mol. The molecule has 0 aliphatic carbocycles. The third kappa shape index (κ3) is 6.30. The van der Waals surface area contributed by atoms with E-state index < -0.39 is 48.6 Å². The van der Waals surface area contributed by atoms with E-state index in [0.29, 0.717) is 0 Å². The molecule has 138 valence electrons. The fourth-order valence-electron chi connectivity index (χ4n) is 2.06. The lowest BCUT2D eigenvalue weighted by Crippen LogP contribution is -2.54. The molecule has 1 aromatic carbocycles. The summed E-state index contributed by atoms with van der Waals surface area (Å²) in [7, 11) is 0. The van der Waals surface area contributed by atoms with Crippen molar-refractivity contribution in [3.63, 3.8) is 0 Å². The fourth-order valence-corrected chi connectivity index (χ4v) is 2.28. The Morgan fingerprint density at radius 2 is 1.76 bits per heavy atom. The van der Waals surface area contributed by atoms with Crippen LogP contribution in [0.25, 0.3) is 0 Å². The number of aliphatic carboxylic acids is 1. The number of carbonyl (C=O) groups is 3. The van der Waals surface area contributed by atoms with E-state index in [2.05, 4.69) is 5.32 Å². The van der Waals surface area contributed by atoms with E-state index in [1.54, 1.807) is 26.0 Å². The van der Waals surface area contributed by atoms with E-state index in [4.69, 9.17) is 16.7 Å². The van der Waals surface area contributed by atoms with Gasteiger partial charge in [-0.1, -0.05) is 37.6 Å². The molecule has 0 aliphatic rings. The van der Waals surface area contributed by atoms with E-state index in [1.165, 1.54) is 12.1 Å². The molecular weight excluding hydrogens is 358 g/mol. The second-order valence-electron chi connectivity index (χ2n) is 5.70. The maximum absolute atomic E-state index is 12.4. The molecule has 0 aromatic heterocycles. The topological polar surface area (TPSA) is 95.5 Å². The van der Waals surface area contributed by atoms with Crippen LogP contribution in [0.1, 0.15) is 30.6 Å². The summed E-state index contributed by atoms with van der Waals surface area (Å²) in [5.74, 6) is -3.47. The van der Waals surface area contributed by atoms with Crippen LogP contribution < -0.4 is 10.6 Å². The van der Waals surface area contributed by atoms with Crippen LogP contribution in [0.5, 0.6) is 0 Å². The number of benzene rings is 1. The van der Waals surface area contributed by atoms with Gasteiger partial charge in [-0.3, -0.25) is 9.59 Å². The Hall–Kier alpha value is -2.22. The highest BCUT2D eigenvalue weighted by Crippen LogP contribution is 2.15. The van der Waals surface area contributed by atoms with E-state index in [-0.39, 0.29) is 10.6 Å². The first-order chi connectivity index (χ1) is 11.6. The van der Waals surface area contributed by atoms with E-state index in [0.717, 1.165) is 0 Å². The molecule has 0 spiro atoms. The number of nitrogens with one attached hydrogen (secondary N) is 2. The average Bonchev–Trinajstić information content (AvgIpc) is 2.51. The Morgan fingerprint density at radius 3 is 2.24 bits per heavy atom. The molecule has 2 atom stereocenters. The molecule has 6 nitrogen and oxygen atoms in total. The van der Waals surface area contributed by atoms with Crippen LogP contribution >= 0.6 is 11.6 Å². The van der Waals surface area contributed by atoms with Crippen molar-refractivity contribution >= 4 is 29.4 Å². The van der Waals surface area contributed by atoms with Gasteiger partial charge in [0.2, 0.25) is 12.3 Å². The number of carboxylic acids is 1. The van der Waals surface area contributed by atoms with Gasteiger partial charge in [0.05, 0.1) is 10.6 Å². The van der Waals surface area contributed by atoms with Crippen LogP contribution in [0, 0.1) is 5.92 Å². The number of halogens is 3. The average molecular weight is 377 g/mol. The lowest BCUT2D eigenvalue weighted by Gasteiger charge is -2.24. The van der Waals surface area contributed by atoms with Gasteiger partial charge in [0, 0.05) is 6.42 Å². The van der Waals surface area contributed by atoms with Gasteiger partial charge in [-0.15, -0.1) is 0 Å². The highest BCUT2D eigenvalue weighted by atomic mass is 35.5. The number of carbonyl (C=O) groups excluding carboxylic acids is 2. The molecular formula is C16H19ClF2N2O4. The number of hydrogen-bond acceptors (Lipinski definition) is 3. The summed E-state index contributed by atoms with van der Waals surface area (Å²) in [6.45, 7) is 3.25. The van der Waals surface area contributed by atoms with Gasteiger partial charge in [-0.25, -0.2) is 13.6 Å². The first-order valence-corrected chi connectivity index (χ1v) is 7.88. The Morgan fingerprint density at radius 1 is 1.16 bits per heavy atom. The summed E-state index contributed by atoms with van der Waals surface area (Å²) in [5, 5.41) is 13.6. The molecule has 0 heterocycles. The van der Waals surface area contributed by atoms with Crippen molar-refractivity contribution in [1.29, 1.82) is 0 Å². The van der Waals surface area contributed by atoms with Crippen LogP contribution in [0.4, 0.5) is 8.78 Å². The van der Waals surface area contributed by atoms with Crippen LogP contribution in [0.3, 0.4) is 0 Å².